The van der Waals surface area contributed by atoms with Gasteiger partial charge in [-0.2, -0.15) is 4.98 Å². The molecule has 8 heteroatoms. The van der Waals surface area contributed by atoms with Crippen molar-refractivity contribution in [3.63, 3.8) is 0 Å². The number of hydrogen-bond acceptors (Lipinski definition) is 5. The SMILES string of the molecule is CC[C@H]1O[C@@H](n2cnc3c(=O)[nH]c(N)nc32)[C@H](F)[C@@H]1C. The van der Waals surface area contributed by atoms with Gasteiger partial charge in [-0.3, -0.25) is 14.3 Å². The topological polar surface area (TPSA) is 98.8 Å². The molecule has 0 saturated carbocycles. The maximum atomic E-state index is 14.4. The Morgan fingerprint density at radius 3 is 3.00 bits per heavy atom. The minimum atomic E-state index is -1.18. The number of alkyl halides is 1. The molecule has 0 radical (unpaired) electrons. The number of nitrogens with zero attached hydrogens (tertiary/aromatic N) is 3. The Bertz CT molecular complexity index is 697. The molecule has 0 aromatic carbocycles. The highest BCUT2D eigenvalue weighted by Crippen LogP contribution is 2.38. The van der Waals surface area contributed by atoms with Gasteiger partial charge < -0.3 is 10.5 Å². The zero-order valence-electron chi connectivity index (χ0n) is 11.2. The summed E-state index contributed by atoms with van der Waals surface area (Å²) in [4.78, 5) is 22.1. The predicted octanol–water partition coefficient (Wildman–Crippen LogP) is 0.983. The molecule has 1 fully saturated rings. The van der Waals surface area contributed by atoms with Gasteiger partial charge in [-0.25, -0.2) is 9.37 Å². The first-order chi connectivity index (χ1) is 9.52. The average molecular weight is 281 g/mol. The second-order valence-electron chi connectivity index (χ2n) is 5.05. The van der Waals surface area contributed by atoms with Gasteiger partial charge in [0.05, 0.1) is 12.4 Å². The van der Waals surface area contributed by atoms with Crippen LogP contribution < -0.4 is 11.3 Å². The predicted molar refractivity (Wildman–Crippen MR) is 70.8 cm³/mol. The molecule has 2 aromatic rings. The van der Waals surface area contributed by atoms with Crippen LogP contribution in [0.25, 0.3) is 11.2 Å². The van der Waals surface area contributed by atoms with E-state index in [-0.39, 0.29) is 29.1 Å². The Hall–Kier alpha value is -1.96. The number of aromatic nitrogens is 4. The molecule has 108 valence electrons. The first kappa shape index (κ1) is 13.0. The molecular weight excluding hydrogens is 265 g/mol. The molecule has 1 aliphatic rings. The van der Waals surface area contributed by atoms with E-state index in [1.165, 1.54) is 10.9 Å². The molecule has 20 heavy (non-hydrogen) atoms. The standard InChI is InChI=1S/C12H16FN5O2/c1-3-6-5(2)7(13)11(20-6)18-4-15-8-9(18)16-12(14)17-10(8)19/h4-7,11H,3H2,1-2H3,(H3,14,16,17,19)/t5-,6-,7-,11-/m1/s1. The minimum Gasteiger partial charge on any atom is -0.369 e. The van der Waals surface area contributed by atoms with Crippen LogP contribution in [0.1, 0.15) is 26.5 Å². The number of H-pyrrole nitrogens is 1. The third-order valence-electron chi connectivity index (χ3n) is 3.80. The molecule has 3 heterocycles. The van der Waals surface area contributed by atoms with Gasteiger partial charge in [-0.15, -0.1) is 0 Å². The lowest BCUT2D eigenvalue weighted by Gasteiger charge is -2.15. The molecule has 1 saturated heterocycles. The number of fused-ring (bicyclic) bond motifs is 1. The highest BCUT2D eigenvalue weighted by Gasteiger charge is 2.43. The number of hydrogen-bond donors (Lipinski definition) is 2. The lowest BCUT2D eigenvalue weighted by Crippen LogP contribution is -2.20. The van der Waals surface area contributed by atoms with Crippen LogP contribution in [-0.4, -0.2) is 31.8 Å². The number of ether oxygens (including phenoxy) is 1. The van der Waals surface area contributed by atoms with Gasteiger partial charge in [0, 0.05) is 5.92 Å². The number of nitrogens with two attached hydrogens (primary N) is 1. The van der Waals surface area contributed by atoms with Gasteiger partial charge in [-0.05, 0) is 6.42 Å². The molecule has 3 rings (SSSR count). The monoisotopic (exact) mass is 281 g/mol. The molecule has 1 aliphatic heterocycles. The van der Waals surface area contributed by atoms with E-state index in [0.717, 1.165) is 6.42 Å². The van der Waals surface area contributed by atoms with Crippen LogP contribution >= 0.6 is 0 Å². The first-order valence-electron chi connectivity index (χ1n) is 6.54. The maximum absolute atomic E-state index is 14.4. The molecule has 0 amide bonds. The number of nitrogen functional groups attached to an aromatic ring is 1. The van der Waals surface area contributed by atoms with Crippen molar-refractivity contribution >= 4 is 17.1 Å². The van der Waals surface area contributed by atoms with Gasteiger partial charge in [0.25, 0.3) is 5.56 Å². The molecule has 0 unspecified atom stereocenters. The van der Waals surface area contributed by atoms with Crippen molar-refractivity contribution < 1.29 is 9.13 Å². The van der Waals surface area contributed by atoms with Crippen molar-refractivity contribution in [2.45, 2.75) is 38.8 Å². The lowest BCUT2D eigenvalue weighted by atomic mass is 10.00. The lowest BCUT2D eigenvalue weighted by molar-refractivity contribution is -0.0186. The number of anilines is 1. The second kappa shape index (κ2) is 4.55. The van der Waals surface area contributed by atoms with Crippen LogP contribution in [0.5, 0.6) is 0 Å². The van der Waals surface area contributed by atoms with Crippen molar-refractivity contribution in [1.29, 1.82) is 0 Å². The van der Waals surface area contributed by atoms with Crippen LogP contribution in [0.15, 0.2) is 11.1 Å². The van der Waals surface area contributed by atoms with E-state index in [2.05, 4.69) is 15.0 Å². The molecule has 0 bridgehead atoms. The van der Waals surface area contributed by atoms with E-state index in [4.69, 9.17) is 10.5 Å². The van der Waals surface area contributed by atoms with Gasteiger partial charge in [0.15, 0.2) is 23.6 Å². The van der Waals surface area contributed by atoms with Gasteiger partial charge >= 0.3 is 0 Å². The molecule has 3 N–H and O–H groups in total. The van der Waals surface area contributed by atoms with Crippen LogP contribution in [0.3, 0.4) is 0 Å². The average Bonchev–Trinajstić information content (AvgIpc) is 2.93. The smallest absolute Gasteiger partial charge is 0.280 e. The summed E-state index contributed by atoms with van der Waals surface area (Å²) in [6, 6.07) is 0. The van der Waals surface area contributed by atoms with Crippen molar-refractivity contribution in [3.05, 3.63) is 16.7 Å². The Labute approximate surface area is 114 Å². The third kappa shape index (κ3) is 1.79. The van der Waals surface area contributed by atoms with E-state index in [9.17, 15) is 9.18 Å². The van der Waals surface area contributed by atoms with Crippen LogP contribution in [0.2, 0.25) is 0 Å². The van der Waals surface area contributed by atoms with E-state index in [1.807, 2.05) is 13.8 Å². The summed E-state index contributed by atoms with van der Waals surface area (Å²) in [7, 11) is 0. The summed E-state index contributed by atoms with van der Waals surface area (Å²) in [5.74, 6) is -0.250. The van der Waals surface area contributed by atoms with Crippen LogP contribution in [-0.2, 0) is 4.74 Å². The van der Waals surface area contributed by atoms with Gasteiger partial charge in [0.2, 0.25) is 5.95 Å². The maximum Gasteiger partial charge on any atom is 0.280 e. The summed E-state index contributed by atoms with van der Waals surface area (Å²) >= 11 is 0. The fourth-order valence-electron chi connectivity index (χ4n) is 2.66. The Morgan fingerprint density at radius 1 is 1.60 bits per heavy atom. The molecular formula is C12H16FN5O2. The summed E-state index contributed by atoms with van der Waals surface area (Å²) in [6.45, 7) is 3.76. The Balaban J connectivity index is 2.09. The highest BCUT2D eigenvalue weighted by molar-refractivity contribution is 5.70. The van der Waals surface area contributed by atoms with Crippen molar-refractivity contribution in [3.8, 4) is 0 Å². The second-order valence-corrected chi connectivity index (χ2v) is 5.05. The fraction of sp³-hybridized carbons (Fsp3) is 0.583. The summed E-state index contributed by atoms with van der Waals surface area (Å²) in [5.41, 5.74) is 5.45. The number of imidazole rings is 1. The third-order valence-corrected chi connectivity index (χ3v) is 3.80. The van der Waals surface area contributed by atoms with Crippen LogP contribution in [0.4, 0.5) is 10.3 Å². The molecule has 2 aromatic heterocycles. The summed E-state index contributed by atoms with van der Waals surface area (Å²) in [6.07, 6.45) is -0.0741. The minimum absolute atomic E-state index is 0.0299. The zero-order valence-corrected chi connectivity index (χ0v) is 11.2. The van der Waals surface area contributed by atoms with Gasteiger partial charge in [-0.1, -0.05) is 13.8 Å². The number of rotatable bonds is 2. The van der Waals surface area contributed by atoms with Gasteiger partial charge in [0.1, 0.15) is 0 Å². The van der Waals surface area contributed by atoms with E-state index in [1.54, 1.807) is 0 Å². The molecule has 7 nitrogen and oxygen atoms in total. The molecule has 4 atom stereocenters. The Morgan fingerprint density at radius 2 is 2.35 bits per heavy atom. The normalized spacial score (nSPS) is 30.1. The highest BCUT2D eigenvalue weighted by atomic mass is 19.1. The quantitative estimate of drug-likeness (QED) is 0.855. The van der Waals surface area contributed by atoms with Crippen molar-refractivity contribution in [1.82, 2.24) is 19.5 Å². The first-order valence-corrected chi connectivity index (χ1v) is 6.54. The van der Waals surface area contributed by atoms with E-state index in [0.29, 0.717) is 0 Å². The van der Waals surface area contributed by atoms with Crippen LogP contribution in [0, 0.1) is 5.92 Å². The number of nitrogens with one attached hydrogen (secondary N) is 1. The van der Waals surface area contributed by atoms with E-state index >= 15 is 0 Å². The fourth-order valence-corrected chi connectivity index (χ4v) is 2.66. The molecule has 0 aliphatic carbocycles. The largest absolute Gasteiger partial charge is 0.369 e. The molecule has 0 spiro atoms. The number of aromatic amines is 1. The van der Waals surface area contributed by atoms with Crippen molar-refractivity contribution in [2.24, 2.45) is 5.92 Å². The summed E-state index contributed by atoms with van der Waals surface area (Å²) in [5, 5.41) is 0. The summed E-state index contributed by atoms with van der Waals surface area (Å²) < 4.78 is 21.6. The Kier molecular flexibility index (Phi) is 2.97. The number of halogens is 1. The van der Waals surface area contributed by atoms with E-state index < -0.39 is 18.0 Å². The zero-order chi connectivity index (χ0) is 14.4. The van der Waals surface area contributed by atoms with Crippen molar-refractivity contribution in [2.75, 3.05) is 5.73 Å².